The van der Waals surface area contributed by atoms with Crippen molar-refractivity contribution in [2.75, 3.05) is 5.32 Å². The fourth-order valence-corrected chi connectivity index (χ4v) is 1.97. The second-order valence-corrected chi connectivity index (χ2v) is 4.93. The molecular weight excluding hydrogens is 270 g/mol. The number of hydrogen-bond donors (Lipinski definition) is 2. The number of carbonyl (C=O) groups excluding carboxylic acids is 1. The molecule has 2 aromatic rings. The van der Waals surface area contributed by atoms with E-state index in [0.717, 1.165) is 31.4 Å². The standard InChI is InChI=1S/C14H21N5O2/c1-3-5-10-9-12(18-17-10)15-13(20)7-8-14-16-11(6-4-2)19-21-14/h9H,3-8H2,1-2H3,(H2,15,17,18,20). The number of rotatable bonds is 8. The molecule has 2 rings (SSSR count). The Kier molecular flexibility index (Phi) is 5.48. The Morgan fingerprint density at radius 1 is 1.29 bits per heavy atom. The lowest BCUT2D eigenvalue weighted by Crippen LogP contribution is -2.12. The Bertz CT molecular complexity index is 575. The van der Waals surface area contributed by atoms with Gasteiger partial charge in [0.1, 0.15) is 0 Å². The Morgan fingerprint density at radius 3 is 2.86 bits per heavy atom. The highest BCUT2D eigenvalue weighted by atomic mass is 16.5. The van der Waals surface area contributed by atoms with Gasteiger partial charge in [-0.2, -0.15) is 10.1 Å². The molecule has 0 bridgehead atoms. The molecule has 0 fully saturated rings. The van der Waals surface area contributed by atoms with E-state index >= 15 is 0 Å². The third-order valence-corrected chi connectivity index (χ3v) is 2.97. The van der Waals surface area contributed by atoms with Crippen LogP contribution in [-0.2, 0) is 24.1 Å². The van der Waals surface area contributed by atoms with Crippen LogP contribution in [-0.4, -0.2) is 26.2 Å². The zero-order valence-corrected chi connectivity index (χ0v) is 12.5. The van der Waals surface area contributed by atoms with E-state index in [-0.39, 0.29) is 5.91 Å². The molecule has 0 aromatic carbocycles. The van der Waals surface area contributed by atoms with Gasteiger partial charge in [-0.25, -0.2) is 0 Å². The van der Waals surface area contributed by atoms with E-state index in [9.17, 15) is 4.79 Å². The molecule has 7 nitrogen and oxygen atoms in total. The number of hydrogen-bond acceptors (Lipinski definition) is 5. The molecule has 0 aliphatic carbocycles. The van der Waals surface area contributed by atoms with Crippen molar-refractivity contribution in [2.45, 2.75) is 52.4 Å². The van der Waals surface area contributed by atoms with E-state index in [2.05, 4.69) is 39.5 Å². The number of anilines is 1. The number of aryl methyl sites for hydroxylation is 3. The van der Waals surface area contributed by atoms with Gasteiger partial charge in [-0.15, -0.1) is 0 Å². The maximum Gasteiger partial charge on any atom is 0.227 e. The van der Waals surface area contributed by atoms with Gasteiger partial charge in [-0.05, 0) is 12.8 Å². The predicted octanol–water partition coefficient (Wildman–Crippen LogP) is 2.27. The lowest BCUT2D eigenvalue weighted by molar-refractivity contribution is -0.116. The van der Waals surface area contributed by atoms with Gasteiger partial charge in [0.05, 0.1) is 0 Å². The first kappa shape index (κ1) is 15.2. The van der Waals surface area contributed by atoms with Crippen molar-refractivity contribution in [3.63, 3.8) is 0 Å². The minimum atomic E-state index is -0.111. The average molecular weight is 291 g/mol. The van der Waals surface area contributed by atoms with Gasteiger partial charge in [0.2, 0.25) is 11.8 Å². The number of nitrogens with one attached hydrogen (secondary N) is 2. The van der Waals surface area contributed by atoms with Crippen molar-refractivity contribution < 1.29 is 9.32 Å². The monoisotopic (exact) mass is 291 g/mol. The number of aromatic nitrogens is 4. The van der Waals surface area contributed by atoms with E-state index in [1.165, 1.54) is 0 Å². The number of amides is 1. The second kappa shape index (κ2) is 7.56. The molecule has 2 aromatic heterocycles. The highest BCUT2D eigenvalue weighted by Gasteiger charge is 2.10. The van der Waals surface area contributed by atoms with E-state index in [1.54, 1.807) is 0 Å². The van der Waals surface area contributed by atoms with Crippen LogP contribution in [0.5, 0.6) is 0 Å². The van der Waals surface area contributed by atoms with Gasteiger partial charge >= 0.3 is 0 Å². The normalized spacial score (nSPS) is 10.8. The Labute approximate surface area is 123 Å². The summed E-state index contributed by atoms with van der Waals surface area (Å²) in [6, 6.07) is 1.85. The van der Waals surface area contributed by atoms with Gasteiger partial charge in [-0.3, -0.25) is 9.89 Å². The number of H-pyrrole nitrogens is 1. The van der Waals surface area contributed by atoms with Crippen molar-refractivity contribution in [3.8, 4) is 0 Å². The number of nitrogens with zero attached hydrogens (tertiary/aromatic N) is 3. The van der Waals surface area contributed by atoms with E-state index < -0.39 is 0 Å². The van der Waals surface area contributed by atoms with Crippen LogP contribution >= 0.6 is 0 Å². The Morgan fingerprint density at radius 2 is 2.10 bits per heavy atom. The molecule has 0 aliphatic rings. The maximum absolute atomic E-state index is 11.8. The first-order chi connectivity index (χ1) is 10.2. The van der Waals surface area contributed by atoms with Crippen molar-refractivity contribution in [2.24, 2.45) is 0 Å². The van der Waals surface area contributed by atoms with Crippen LogP contribution in [0.1, 0.15) is 50.5 Å². The molecule has 1 amide bonds. The molecule has 2 heterocycles. The maximum atomic E-state index is 11.8. The van der Waals surface area contributed by atoms with Gasteiger partial charge in [0.25, 0.3) is 0 Å². The van der Waals surface area contributed by atoms with Gasteiger partial charge in [0, 0.05) is 31.0 Å². The Balaban J connectivity index is 1.78. The van der Waals surface area contributed by atoms with Gasteiger partial charge in [-0.1, -0.05) is 25.4 Å². The van der Waals surface area contributed by atoms with Crippen molar-refractivity contribution in [3.05, 3.63) is 23.5 Å². The summed E-state index contributed by atoms with van der Waals surface area (Å²) >= 11 is 0. The molecule has 0 saturated carbocycles. The quantitative estimate of drug-likeness (QED) is 0.777. The Hall–Kier alpha value is -2.18. The first-order valence-electron chi connectivity index (χ1n) is 7.36. The molecule has 0 aliphatic heterocycles. The lowest BCUT2D eigenvalue weighted by atomic mass is 10.2. The fourth-order valence-electron chi connectivity index (χ4n) is 1.97. The molecule has 21 heavy (non-hydrogen) atoms. The minimum Gasteiger partial charge on any atom is -0.339 e. The van der Waals surface area contributed by atoms with Crippen LogP contribution in [0.4, 0.5) is 5.82 Å². The van der Waals surface area contributed by atoms with Gasteiger partial charge < -0.3 is 9.84 Å². The van der Waals surface area contributed by atoms with Gasteiger partial charge in [0.15, 0.2) is 11.6 Å². The summed E-state index contributed by atoms with van der Waals surface area (Å²) in [6.07, 6.45) is 4.46. The lowest BCUT2D eigenvalue weighted by Gasteiger charge is -1.98. The summed E-state index contributed by atoms with van der Waals surface area (Å²) in [5.74, 6) is 1.65. The highest BCUT2D eigenvalue weighted by Crippen LogP contribution is 2.09. The van der Waals surface area contributed by atoms with Crippen LogP contribution in [0, 0.1) is 0 Å². The van der Waals surface area contributed by atoms with Crippen LogP contribution in [0.2, 0.25) is 0 Å². The molecule has 114 valence electrons. The van der Waals surface area contributed by atoms with Crippen LogP contribution in [0.15, 0.2) is 10.6 Å². The molecule has 0 atom stereocenters. The smallest absolute Gasteiger partial charge is 0.227 e. The minimum absolute atomic E-state index is 0.111. The zero-order chi connectivity index (χ0) is 15.1. The summed E-state index contributed by atoms with van der Waals surface area (Å²) in [5.41, 5.74) is 1.02. The second-order valence-electron chi connectivity index (χ2n) is 4.93. The molecule has 0 spiro atoms. The van der Waals surface area contributed by atoms with Crippen molar-refractivity contribution in [1.82, 2.24) is 20.3 Å². The summed E-state index contributed by atoms with van der Waals surface area (Å²) in [5, 5.41) is 13.6. The topological polar surface area (TPSA) is 96.7 Å². The van der Waals surface area contributed by atoms with Crippen LogP contribution in [0.25, 0.3) is 0 Å². The summed E-state index contributed by atoms with van der Waals surface area (Å²) < 4.78 is 5.09. The SMILES string of the molecule is CCCc1noc(CCC(=O)Nc2cc(CCC)[nH]n2)n1. The predicted molar refractivity (Wildman–Crippen MR) is 77.8 cm³/mol. The molecule has 0 unspecified atom stereocenters. The number of aromatic amines is 1. The van der Waals surface area contributed by atoms with Crippen molar-refractivity contribution >= 4 is 11.7 Å². The van der Waals surface area contributed by atoms with Crippen LogP contribution in [0.3, 0.4) is 0 Å². The fraction of sp³-hybridized carbons (Fsp3) is 0.571. The number of carbonyl (C=O) groups is 1. The van der Waals surface area contributed by atoms with Crippen LogP contribution < -0.4 is 5.32 Å². The molecule has 0 saturated heterocycles. The molecule has 0 radical (unpaired) electrons. The molecule has 7 heteroatoms. The van der Waals surface area contributed by atoms with E-state index in [0.29, 0.717) is 30.4 Å². The third kappa shape index (κ3) is 4.70. The van der Waals surface area contributed by atoms with E-state index in [1.807, 2.05) is 6.07 Å². The summed E-state index contributed by atoms with van der Waals surface area (Å²) in [7, 11) is 0. The van der Waals surface area contributed by atoms with Crippen molar-refractivity contribution in [1.29, 1.82) is 0 Å². The molecule has 2 N–H and O–H groups in total. The largest absolute Gasteiger partial charge is 0.339 e. The highest BCUT2D eigenvalue weighted by molar-refractivity contribution is 5.89. The average Bonchev–Trinajstić information content (AvgIpc) is 3.07. The third-order valence-electron chi connectivity index (χ3n) is 2.97. The molecular formula is C14H21N5O2. The zero-order valence-electron chi connectivity index (χ0n) is 12.5. The first-order valence-corrected chi connectivity index (χ1v) is 7.36. The summed E-state index contributed by atoms with van der Waals surface area (Å²) in [6.45, 7) is 4.15. The summed E-state index contributed by atoms with van der Waals surface area (Å²) in [4.78, 5) is 16.1. The van der Waals surface area contributed by atoms with E-state index in [4.69, 9.17) is 4.52 Å².